The van der Waals surface area contributed by atoms with Crippen LogP contribution in [0.25, 0.3) is 6.08 Å². The van der Waals surface area contributed by atoms with Gasteiger partial charge in [0.2, 0.25) is 11.7 Å². The highest BCUT2D eigenvalue weighted by atomic mass is 16.5. The van der Waals surface area contributed by atoms with Gasteiger partial charge in [-0.15, -0.1) is 0 Å². The fraction of sp³-hybridized carbons (Fsp3) is 0.375. The SMILES string of the molecule is C/C=C/C(CO)C(=O)NC1=CC(/C=C\c2cc(OC)c(OC)c(OC)c2)=CC[C@@H]1OC. The molecular weight excluding hydrogens is 398 g/mol. The second kappa shape index (κ2) is 12.0. The van der Waals surface area contributed by atoms with Crippen molar-refractivity contribution in [3.05, 3.63) is 59.3 Å². The highest BCUT2D eigenvalue weighted by molar-refractivity contribution is 5.82. The van der Waals surface area contributed by atoms with Crippen molar-refractivity contribution < 1.29 is 28.8 Å². The Morgan fingerprint density at radius 1 is 1.16 bits per heavy atom. The van der Waals surface area contributed by atoms with Crippen molar-refractivity contribution >= 4 is 12.0 Å². The van der Waals surface area contributed by atoms with Gasteiger partial charge in [-0.3, -0.25) is 4.79 Å². The molecule has 0 bridgehead atoms. The Kier molecular flexibility index (Phi) is 9.37. The minimum Gasteiger partial charge on any atom is -0.493 e. The Labute approximate surface area is 183 Å². The smallest absolute Gasteiger partial charge is 0.233 e. The molecule has 1 aliphatic carbocycles. The molecule has 7 heteroatoms. The number of aliphatic hydroxyl groups excluding tert-OH is 1. The van der Waals surface area contributed by atoms with E-state index < -0.39 is 5.92 Å². The summed E-state index contributed by atoms with van der Waals surface area (Å²) in [6.07, 6.45) is 11.5. The van der Waals surface area contributed by atoms with Gasteiger partial charge in [-0.2, -0.15) is 0 Å². The number of nitrogens with one attached hydrogen (secondary N) is 1. The van der Waals surface area contributed by atoms with Gasteiger partial charge in [0.15, 0.2) is 11.5 Å². The van der Waals surface area contributed by atoms with Crippen LogP contribution in [-0.2, 0) is 9.53 Å². The largest absolute Gasteiger partial charge is 0.493 e. The Bertz CT molecular complexity index is 859. The molecule has 1 aromatic rings. The standard InChI is InChI=1S/C24H31NO6/c1-6-7-18(15-26)24(27)25-19-12-16(10-11-20(19)28-2)8-9-17-13-21(29-3)23(31-5)22(14-17)30-4/h6-10,12-14,18,20,26H,11,15H2,1-5H3,(H,25,27)/b7-6+,9-8-/t18?,20-/m0/s1. The van der Waals surface area contributed by atoms with Crippen molar-refractivity contribution in [2.45, 2.75) is 19.4 Å². The van der Waals surface area contributed by atoms with E-state index in [0.29, 0.717) is 29.4 Å². The van der Waals surface area contributed by atoms with Gasteiger partial charge in [-0.25, -0.2) is 0 Å². The topological polar surface area (TPSA) is 86.3 Å². The third kappa shape index (κ3) is 6.23. The Balaban J connectivity index is 2.26. The van der Waals surface area contributed by atoms with Crippen molar-refractivity contribution in [3.63, 3.8) is 0 Å². The van der Waals surface area contributed by atoms with Gasteiger partial charge >= 0.3 is 0 Å². The highest BCUT2D eigenvalue weighted by Gasteiger charge is 2.22. The monoisotopic (exact) mass is 429 g/mol. The maximum absolute atomic E-state index is 12.5. The van der Waals surface area contributed by atoms with E-state index >= 15 is 0 Å². The summed E-state index contributed by atoms with van der Waals surface area (Å²) < 4.78 is 21.6. The van der Waals surface area contributed by atoms with Crippen molar-refractivity contribution in [3.8, 4) is 17.2 Å². The number of hydrogen-bond acceptors (Lipinski definition) is 6. The third-order valence-electron chi connectivity index (χ3n) is 4.90. The lowest BCUT2D eigenvalue weighted by molar-refractivity contribution is -0.124. The zero-order valence-electron chi connectivity index (χ0n) is 18.7. The first kappa shape index (κ1) is 24.2. The number of carbonyl (C=O) groups is 1. The molecule has 1 aliphatic rings. The minimum atomic E-state index is -0.604. The second-order valence-electron chi connectivity index (χ2n) is 6.86. The number of benzene rings is 1. The first-order valence-corrected chi connectivity index (χ1v) is 9.98. The molecule has 0 aliphatic heterocycles. The van der Waals surface area contributed by atoms with Gasteiger partial charge in [-0.1, -0.05) is 30.4 Å². The predicted molar refractivity (Wildman–Crippen MR) is 120 cm³/mol. The van der Waals surface area contributed by atoms with Crippen molar-refractivity contribution in [2.75, 3.05) is 35.0 Å². The molecule has 0 spiro atoms. The minimum absolute atomic E-state index is 0.257. The summed E-state index contributed by atoms with van der Waals surface area (Å²) >= 11 is 0. The van der Waals surface area contributed by atoms with Gasteiger partial charge < -0.3 is 29.4 Å². The van der Waals surface area contributed by atoms with Crippen LogP contribution in [0.4, 0.5) is 0 Å². The van der Waals surface area contributed by atoms with Crippen LogP contribution in [0.2, 0.25) is 0 Å². The molecule has 0 heterocycles. The quantitative estimate of drug-likeness (QED) is 0.556. The van der Waals surface area contributed by atoms with Crippen LogP contribution in [0.15, 0.2) is 53.8 Å². The molecular formula is C24H31NO6. The number of allylic oxidation sites excluding steroid dienone is 4. The number of rotatable bonds is 10. The summed E-state index contributed by atoms with van der Waals surface area (Å²) in [7, 11) is 6.31. The molecule has 7 nitrogen and oxygen atoms in total. The van der Waals surface area contributed by atoms with Crippen LogP contribution in [0.5, 0.6) is 17.2 Å². The first-order valence-electron chi connectivity index (χ1n) is 9.98. The van der Waals surface area contributed by atoms with Crippen LogP contribution >= 0.6 is 0 Å². The lowest BCUT2D eigenvalue weighted by Gasteiger charge is -2.23. The molecule has 31 heavy (non-hydrogen) atoms. The van der Waals surface area contributed by atoms with E-state index in [2.05, 4.69) is 5.32 Å². The molecule has 0 saturated heterocycles. The maximum atomic E-state index is 12.5. The fourth-order valence-electron chi connectivity index (χ4n) is 3.25. The van der Waals surface area contributed by atoms with E-state index in [-0.39, 0.29) is 18.6 Å². The number of amides is 1. The Morgan fingerprint density at radius 2 is 1.84 bits per heavy atom. The van der Waals surface area contributed by atoms with Crippen molar-refractivity contribution in [1.82, 2.24) is 5.32 Å². The fourth-order valence-corrected chi connectivity index (χ4v) is 3.25. The molecule has 0 aromatic heterocycles. The van der Waals surface area contributed by atoms with Gasteiger partial charge in [0, 0.05) is 12.8 Å². The molecule has 2 atom stereocenters. The van der Waals surface area contributed by atoms with Gasteiger partial charge in [-0.05, 0) is 42.7 Å². The Hall–Kier alpha value is -3.03. The van der Waals surface area contributed by atoms with Crippen LogP contribution in [0.1, 0.15) is 18.9 Å². The van der Waals surface area contributed by atoms with Crippen LogP contribution < -0.4 is 19.5 Å². The number of aliphatic hydroxyl groups is 1. The number of hydrogen-bond donors (Lipinski definition) is 2. The molecule has 1 aromatic carbocycles. The highest BCUT2D eigenvalue weighted by Crippen LogP contribution is 2.38. The number of ether oxygens (including phenoxy) is 4. The summed E-state index contributed by atoms with van der Waals surface area (Å²) in [6.45, 7) is 1.55. The summed E-state index contributed by atoms with van der Waals surface area (Å²) in [5.41, 5.74) is 2.45. The normalized spacial score (nSPS) is 17.3. The van der Waals surface area contributed by atoms with Gasteiger partial charge in [0.1, 0.15) is 6.10 Å². The summed E-state index contributed by atoms with van der Waals surface area (Å²) in [5, 5.41) is 12.3. The number of methoxy groups -OCH3 is 4. The van der Waals surface area contributed by atoms with Crippen molar-refractivity contribution in [2.24, 2.45) is 5.92 Å². The average molecular weight is 430 g/mol. The zero-order valence-corrected chi connectivity index (χ0v) is 18.7. The number of carbonyl (C=O) groups excluding carboxylic acids is 1. The molecule has 1 unspecified atom stereocenters. The van der Waals surface area contributed by atoms with Crippen LogP contribution in [0, 0.1) is 5.92 Å². The summed E-state index contributed by atoms with van der Waals surface area (Å²) in [5.74, 6) is 0.796. The van der Waals surface area contributed by atoms with E-state index in [1.165, 1.54) is 0 Å². The van der Waals surface area contributed by atoms with Gasteiger partial charge in [0.25, 0.3) is 0 Å². The molecule has 0 saturated carbocycles. The van der Waals surface area contributed by atoms with E-state index in [1.807, 2.05) is 43.4 Å². The van der Waals surface area contributed by atoms with E-state index in [0.717, 1.165) is 11.1 Å². The zero-order chi connectivity index (χ0) is 22.8. The molecule has 0 fully saturated rings. The molecule has 2 rings (SSSR count). The third-order valence-corrected chi connectivity index (χ3v) is 4.90. The summed E-state index contributed by atoms with van der Waals surface area (Å²) in [6, 6.07) is 3.71. The van der Waals surface area contributed by atoms with Gasteiger partial charge in [0.05, 0.1) is 33.9 Å². The van der Waals surface area contributed by atoms with Crippen molar-refractivity contribution in [1.29, 1.82) is 0 Å². The lowest BCUT2D eigenvalue weighted by Crippen LogP contribution is -2.36. The molecule has 0 radical (unpaired) electrons. The first-order chi connectivity index (χ1) is 15.0. The van der Waals surface area contributed by atoms with E-state index in [9.17, 15) is 9.90 Å². The molecule has 1 amide bonds. The van der Waals surface area contributed by atoms with E-state index in [1.54, 1.807) is 40.6 Å². The van der Waals surface area contributed by atoms with E-state index in [4.69, 9.17) is 18.9 Å². The summed E-state index contributed by atoms with van der Waals surface area (Å²) in [4.78, 5) is 12.5. The molecule has 2 N–H and O–H groups in total. The average Bonchev–Trinajstić information content (AvgIpc) is 2.80. The van der Waals surface area contributed by atoms with Crippen LogP contribution in [-0.4, -0.2) is 52.2 Å². The van der Waals surface area contributed by atoms with Crippen LogP contribution in [0.3, 0.4) is 0 Å². The lowest BCUT2D eigenvalue weighted by atomic mass is 9.99. The second-order valence-corrected chi connectivity index (χ2v) is 6.86. The predicted octanol–water partition coefficient (Wildman–Crippen LogP) is 3.26. The Morgan fingerprint density at radius 3 is 2.35 bits per heavy atom. The maximum Gasteiger partial charge on any atom is 0.233 e. The molecule has 168 valence electrons.